The lowest BCUT2D eigenvalue weighted by atomic mass is 10.2. The van der Waals surface area contributed by atoms with Crippen LogP contribution in [0.1, 0.15) is 28.8 Å². The fraction of sp³-hybridized carbons (Fsp3) is 0.211. The zero-order valence-corrected chi connectivity index (χ0v) is 13.7. The van der Waals surface area contributed by atoms with Crippen LogP contribution in [0.2, 0.25) is 0 Å². The Hall–Kier alpha value is -2.95. The SMILES string of the molecule is CCOC(=O)c1ccc(OCc2nc(C)c3ccccc3n2)cc1. The average molecular weight is 322 g/mol. The lowest BCUT2D eigenvalue weighted by Crippen LogP contribution is -2.05. The molecule has 3 aromatic rings. The first-order valence-electron chi connectivity index (χ1n) is 7.79. The summed E-state index contributed by atoms with van der Waals surface area (Å²) >= 11 is 0. The summed E-state index contributed by atoms with van der Waals surface area (Å²) < 4.78 is 10.7. The van der Waals surface area contributed by atoms with Crippen LogP contribution in [-0.4, -0.2) is 22.5 Å². The van der Waals surface area contributed by atoms with Crippen molar-refractivity contribution >= 4 is 16.9 Å². The van der Waals surface area contributed by atoms with E-state index in [2.05, 4.69) is 9.97 Å². The first kappa shape index (κ1) is 15.9. The number of carbonyl (C=O) groups excluding carboxylic acids is 1. The molecule has 0 aliphatic heterocycles. The molecular formula is C19H18N2O3. The number of nitrogens with zero attached hydrogens (tertiary/aromatic N) is 2. The molecule has 5 heteroatoms. The van der Waals surface area contributed by atoms with E-state index in [4.69, 9.17) is 9.47 Å². The Bertz CT molecular complexity index is 860. The number of carbonyl (C=O) groups is 1. The van der Waals surface area contributed by atoms with E-state index in [9.17, 15) is 4.79 Å². The van der Waals surface area contributed by atoms with Crippen molar-refractivity contribution in [3.8, 4) is 5.75 Å². The second-order valence-corrected chi connectivity index (χ2v) is 5.28. The molecule has 0 unspecified atom stereocenters. The Morgan fingerprint density at radius 3 is 2.54 bits per heavy atom. The van der Waals surface area contributed by atoms with Gasteiger partial charge in [0.25, 0.3) is 0 Å². The van der Waals surface area contributed by atoms with Gasteiger partial charge in [0.15, 0.2) is 5.82 Å². The Balaban J connectivity index is 1.70. The van der Waals surface area contributed by atoms with Gasteiger partial charge in [-0.2, -0.15) is 0 Å². The van der Waals surface area contributed by atoms with Gasteiger partial charge in [-0.3, -0.25) is 0 Å². The number of para-hydroxylation sites is 1. The molecule has 1 aromatic heterocycles. The zero-order valence-electron chi connectivity index (χ0n) is 13.7. The van der Waals surface area contributed by atoms with Gasteiger partial charge in [0.05, 0.1) is 17.7 Å². The fourth-order valence-electron chi connectivity index (χ4n) is 2.41. The van der Waals surface area contributed by atoms with Crippen LogP contribution in [0.5, 0.6) is 5.75 Å². The molecule has 3 rings (SSSR count). The van der Waals surface area contributed by atoms with Gasteiger partial charge in [0.2, 0.25) is 0 Å². The van der Waals surface area contributed by atoms with Gasteiger partial charge in [0, 0.05) is 11.1 Å². The van der Waals surface area contributed by atoms with Crippen molar-refractivity contribution in [1.29, 1.82) is 0 Å². The van der Waals surface area contributed by atoms with E-state index in [1.54, 1.807) is 31.2 Å². The number of rotatable bonds is 5. The van der Waals surface area contributed by atoms with Crippen LogP contribution < -0.4 is 4.74 Å². The second-order valence-electron chi connectivity index (χ2n) is 5.28. The molecule has 0 bridgehead atoms. The summed E-state index contributed by atoms with van der Waals surface area (Å²) in [5, 5.41) is 1.04. The van der Waals surface area contributed by atoms with E-state index in [1.807, 2.05) is 31.2 Å². The summed E-state index contributed by atoms with van der Waals surface area (Å²) in [4.78, 5) is 20.6. The summed E-state index contributed by atoms with van der Waals surface area (Å²) in [6, 6.07) is 14.7. The first-order chi connectivity index (χ1) is 11.7. The molecule has 0 spiro atoms. The number of aromatic nitrogens is 2. The van der Waals surface area contributed by atoms with Crippen LogP contribution in [0.3, 0.4) is 0 Å². The Labute approximate surface area is 140 Å². The van der Waals surface area contributed by atoms with Crippen LogP contribution in [0.4, 0.5) is 0 Å². The number of esters is 1. The monoisotopic (exact) mass is 322 g/mol. The minimum Gasteiger partial charge on any atom is -0.486 e. The normalized spacial score (nSPS) is 10.6. The van der Waals surface area contributed by atoms with Crippen molar-refractivity contribution in [3.05, 3.63) is 65.6 Å². The molecule has 0 fully saturated rings. The van der Waals surface area contributed by atoms with Gasteiger partial charge in [-0.15, -0.1) is 0 Å². The molecule has 0 saturated heterocycles. The maximum atomic E-state index is 11.6. The molecule has 2 aromatic carbocycles. The van der Waals surface area contributed by atoms with E-state index in [1.165, 1.54) is 0 Å². The maximum Gasteiger partial charge on any atom is 0.338 e. The van der Waals surface area contributed by atoms with Crippen molar-refractivity contribution in [1.82, 2.24) is 9.97 Å². The number of aryl methyl sites for hydroxylation is 1. The second kappa shape index (κ2) is 7.08. The van der Waals surface area contributed by atoms with Gasteiger partial charge in [-0.1, -0.05) is 18.2 Å². The quantitative estimate of drug-likeness (QED) is 0.670. The number of hydrogen-bond donors (Lipinski definition) is 0. The van der Waals surface area contributed by atoms with Crippen LogP contribution in [0, 0.1) is 6.92 Å². The van der Waals surface area contributed by atoms with E-state index in [0.29, 0.717) is 23.7 Å². The third kappa shape index (κ3) is 3.51. The van der Waals surface area contributed by atoms with Crippen molar-refractivity contribution in [2.24, 2.45) is 0 Å². The van der Waals surface area contributed by atoms with Gasteiger partial charge in [0.1, 0.15) is 12.4 Å². The number of hydrogen-bond acceptors (Lipinski definition) is 5. The standard InChI is InChI=1S/C19H18N2O3/c1-3-23-19(22)14-8-10-15(11-9-14)24-12-18-20-13(2)16-6-4-5-7-17(16)21-18/h4-11H,3,12H2,1-2H3. The largest absolute Gasteiger partial charge is 0.486 e. The molecule has 0 N–H and O–H groups in total. The average Bonchev–Trinajstić information content (AvgIpc) is 2.61. The molecule has 5 nitrogen and oxygen atoms in total. The zero-order chi connectivity index (χ0) is 16.9. The smallest absolute Gasteiger partial charge is 0.338 e. The Morgan fingerprint density at radius 1 is 1.04 bits per heavy atom. The molecule has 0 atom stereocenters. The van der Waals surface area contributed by atoms with E-state index in [0.717, 1.165) is 16.6 Å². The molecule has 0 saturated carbocycles. The van der Waals surface area contributed by atoms with Crippen LogP contribution in [-0.2, 0) is 11.3 Å². The van der Waals surface area contributed by atoms with Crippen LogP contribution >= 0.6 is 0 Å². The first-order valence-corrected chi connectivity index (χ1v) is 7.79. The predicted molar refractivity (Wildman–Crippen MR) is 91.0 cm³/mol. The Kier molecular flexibility index (Phi) is 4.70. The van der Waals surface area contributed by atoms with Crippen molar-refractivity contribution in [3.63, 3.8) is 0 Å². The molecule has 24 heavy (non-hydrogen) atoms. The van der Waals surface area contributed by atoms with Crippen molar-refractivity contribution in [2.45, 2.75) is 20.5 Å². The predicted octanol–water partition coefficient (Wildman–Crippen LogP) is 3.69. The lowest BCUT2D eigenvalue weighted by molar-refractivity contribution is 0.0526. The minimum atomic E-state index is -0.336. The molecule has 0 aliphatic rings. The Morgan fingerprint density at radius 2 is 1.79 bits per heavy atom. The summed E-state index contributed by atoms with van der Waals surface area (Å²) in [5.74, 6) is 0.940. The fourth-order valence-corrected chi connectivity index (χ4v) is 2.41. The van der Waals surface area contributed by atoms with Crippen LogP contribution in [0.25, 0.3) is 10.9 Å². The third-order valence-electron chi connectivity index (χ3n) is 3.57. The summed E-state index contributed by atoms with van der Waals surface area (Å²) in [5.41, 5.74) is 2.33. The summed E-state index contributed by atoms with van der Waals surface area (Å²) in [6.45, 7) is 4.36. The summed E-state index contributed by atoms with van der Waals surface area (Å²) in [6.07, 6.45) is 0. The van der Waals surface area contributed by atoms with Gasteiger partial charge in [-0.25, -0.2) is 14.8 Å². The van der Waals surface area contributed by atoms with E-state index in [-0.39, 0.29) is 12.6 Å². The van der Waals surface area contributed by atoms with Crippen molar-refractivity contribution in [2.75, 3.05) is 6.61 Å². The highest BCUT2D eigenvalue weighted by Crippen LogP contribution is 2.17. The summed E-state index contributed by atoms with van der Waals surface area (Å²) in [7, 11) is 0. The molecule has 0 radical (unpaired) electrons. The molecular weight excluding hydrogens is 304 g/mol. The topological polar surface area (TPSA) is 61.3 Å². The number of ether oxygens (including phenoxy) is 2. The molecule has 1 heterocycles. The number of benzene rings is 2. The van der Waals surface area contributed by atoms with Gasteiger partial charge >= 0.3 is 5.97 Å². The van der Waals surface area contributed by atoms with E-state index < -0.39 is 0 Å². The van der Waals surface area contributed by atoms with Gasteiger partial charge in [-0.05, 0) is 44.2 Å². The van der Waals surface area contributed by atoms with E-state index >= 15 is 0 Å². The third-order valence-corrected chi connectivity index (χ3v) is 3.57. The highest BCUT2D eigenvalue weighted by Gasteiger charge is 2.07. The lowest BCUT2D eigenvalue weighted by Gasteiger charge is -2.08. The minimum absolute atomic E-state index is 0.268. The highest BCUT2D eigenvalue weighted by molar-refractivity contribution is 5.89. The molecule has 122 valence electrons. The maximum absolute atomic E-state index is 11.6. The molecule has 0 amide bonds. The number of fused-ring (bicyclic) bond motifs is 1. The van der Waals surface area contributed by atoms with Crippen molar-refractivity contribution < 1.29 is 14.3 Å². The van der Waals surface area contributed by atoms with Gasteiger partial charge < -0.3 is 9.47 Å². The molecule has 0 aliphatic carbocycles. The van der Waals surface area contributed by atoms with Crippen LogP contribution in [0.15, 0.2) is 48.5 Å². The highest BCUT2D eigenvalue weighted by atomic mass is 16.5.